The number of hydrogen-bond donors (Lipinski definition) is 4. The number of nitrogens with zero attached hydrogens (tertiary/aromatic N) is 2. The summed E-state index contributed by atoms with van der Waals surface area (Å²) in [5.41, 5.74) is 2.66. The zero-order chi connectivity index (χ0) is 35.1. The summed E-state index contributed by atoms with van der Waals surface area (Å²) >= 11 is 7.53. The Kier molecular flexibility index (Phi) is 8.82. The van der Waals surface area contributed by atoms with Crippen molar-refractivity contribution in [2.45, 2.75) is 18.6 Å². The molecule has 0 aliphatic carbocycles. The number of imide groups is 2. The lowest BCUT2D eigenvalue weighted by atomic mass is 10.1. The van der Waals surface area contributed by atoms with E-state index in [0.717, 1.165) is 29.1 Å². The maximum Gasteiger partial charge on any atom is 0.329 e. The van der Waals surface area contributed by atoms with Crippen molar-refractivity contribution in [2.75, 3.05) is 0 Å². The molecule has 5 amide bonds. The summed E-state index contributed by atoms with van der Waals surface area (Å²) in [5, 5.41) is 19.0. The highest BCUT2D eigenvalue weighted by Crippen LogP contribution is 2.38. The van der Waals surface area contributed by atoms with E-state index in [-0.39, 0.29) is 16.4 Å². The van der Waals surface area contributed by atoms with Crippen molar-refractivity contribution >= 4 is 103 Å². The average Bonchev–Trinajstić information content (AvgIpc) is 3.82. The van der Waals surface area contributed by atoms with Gasteiger partial charge in [0.05, 0.1) is 9.81 Å². The summed E-state index contributed by atoms with van der Waals surface area (Å²) in [6.07, 6.45) is 6.19. The number of carbonyl (C=O) groups is 6. The number of amides is 5. The zero-order valence-corrected chi connectivity index (χ0v) is 28.0. The molecule has 0 saturated carbocycles. The van der Waals surface area contributed by atoms with Gasteiger partial charge >= 0.3 is 5.97 Å². The fourth-order valence-corrected chi connectivity index (χ4v) is 7.47. The molecule has 2 fully saturated rings. The molecular weight excluding hydrogens is 702 g/mol. The molecule has 2 aliphatic rings. The zero-order valence-electron chi connectivity index (χ0n) is 25.6. The van der Waals surface area contributed by atoms with Crippen LogP contribution in [0.3, 0.4) is 0 Å². The first-order valence-corrected chi connectivity index (χ1v) is 17.0. The van der Waals surface area contributed by atoms with E-state index in [1.54, 1.807) is 89.8 Å². The van der Waals surface area contributed by atoms with Crippen molar-refractivity contribution in [3.05, 3.63) is 117 Å². The van der Waals surface area contributed by atoms with Gasteiger partial charge in [-0.3, -0.25) is 34.6 Å². The molecule has 0 radical (unpaired) electrons. The van der Waals surface area contributed by atoms with Crippen molar-refractivity contribution in [1.29, 1.82) is 0 Å². The molecule has 15 heteroatoms. The number of halogens is 1. The molecule has 50 heavy (non-hydrogen) atoms. The summed E-state index contributed by atoms with van der Waals surface area (Å²) in [5.74, 6) is -3.07. The fourth-order valence-electron chi connectivity index (χ4n) is 6.00. The number of carboxylic acids is 1. The van der Waals surface area contributed by atoms with Gasteiger partial charge in [0.25, 0.3) is 22.3 Å². The van der Waals surface area contributed by atoms with Crippen molar-refractivity contribution in [2.24, 2.45) is 0 Å². The smallest absolute Gasteiger partial charge is 0.329 e. The summed E-state index contributed by atoms with van der Waals surface area (Å²) in [6.45, 7) is 0.0675. The quantitative estimate of drug-likeness (QED) is 0.132. The van der Waals surface area contributed by atoms with E-state index in [1.807, 2.05) is 0 Å². The van der Waals surface area contributed by atoms with Crippen molar-refractivity contribution < 1.29 is 33.9 Å². The third-order valence-corrected chi connectivity index (χ3v) is 10.1. The SMILES string of the molecule is O=C1NC(=O)C(=Cc2cn(C(C(=O)O)C(C(=O)NCc3ccc(Cl)cc3)n3cc(C=C4SC(=O)NC4=O)c4ccccc43)c3ccccc23)S1. The first kappa shape index (κ1) is 33.0. The number of aliphatic carboxylic acids is 1. The van der Waals surface area contributed by atoms with Crippen LogP contribution in [0.25, 0.3) is 34.0 Å². The predicted octanol–water partition coefficient (Wildman–Crippen LogP) is 6.08. The molecular formula is C35H24ClN5O7S2. The van der Waals surface area contributed by atoms with Gasteiger partial charge in [-0.2, -0.15) is 0 Å². The summed E-state index contributed by atoms with van der Waals surface area (Å²) in [6, 6.07) is 17.9. The number of carboxylic acid groups (broad SMARTS) is 1. The Morgan fingerprint density at radius 2 is 1.22 bits per heavy atom. The predicted molar refractivity (Wildman–Crippen MR) is 191 cm³/mol. The van der Waals surface area contributed by atoms with Crippen LogP contribution in [0.5, 0.6) is 0 Å². The summed E-state index contributed by atoms with van der Waals surface area (Å²) < 4.78 is 3.03. The summed E-state index contributed by atoms with van der Waals surface area (Å²) in [7, 11) is 0. The minimum atomic E-state index is -1.55. The number of carbonyl (C=O) groups excluding carboxylic acids is 5. The van der Waals surface area contributed by atoms with Gasteiger partial charge in [0.1, 0.15) is 6.04 Å². The Balaban J connectivity index is 1.40. The van der Waals surface area contributed by atoms with Gasteiger partial charge in [0.15, 0.2) is 6.04 Å². The van der Waals surface area contributed by atoms with Gasteiger partial charge in [-0.05, 0) is 65.5 Å². The van der Waals surface area contributed by atoms with E-state index in [0.29, 0.717) is 38.0 Å². The fraction of sp³-hybridized carbons (Fsp3) is 0.0857. The lowest BCUT2D eigenvalue weighted by Crippen LogP contribution is -2.40. The second-order valence-electron chi connectivity index (χ2n) is 11.3. The molecule has 2 aliphatic heterocycles. The molecule has 7 rings (SSSR count). The van der Waals surface area contributed by atoms with E-state index in [1.165, 1.54) is 16.7 Å². The molecule has 5 aromatic rings. The molecule has 250 valence electrons. The number of fused-ring (bicyclic) bond motifs is 2. The number of rotatable bonds is 9. The van der Waals surface area contributed by atoms with Crippen LogP contribution in [-0.2, 0) is 25.7 Å². The number of para-hydroxylation sites is 2. The van der Waals surface area contributed by atoms with Crippen LogP contribution in [0.15, 0.2) is 95.0 Å². The minimum absolute atomic E-state index is 0.0675. The maximum atomic E-state index is 14.4. The van der Waals surface area contributed by atoms with E-state index in [9.17, 15) is 33.9 Å². The molecule has 4 N–H and O–H groups in total. The van der Waals surface area contributed by atoms with E-state index in [2.05, 4.69) is 16.0 Å². The van der Waals surface area contributed by atoms with Crippen LogP contribution in [0.1, 0.15) is 28.8 Å². The van der Waals surface area contributed by atoms with Crippen LogP contribution in [-0.4, -0.2) is 48.4 Å². The first-order valence-electron chi connectivity index (χ1n) is 15.0. The number of benzene rings is 3. The van der Waals surface area contributed by atoms with Gasteiger partial charge in [-0.1, -0.05) is 60.1 Å². The monoisotopic (exact) mass is 725 g/mol. The molecule has 0 bridgehead atoms. The highest BCUT2D eigenvalue weighted by molar-refractivity contribution is 8.18. The normalized spacial score (nSPS) is 17.5. The van der Waals surface area contributed by atoms with Gasteiger partial charge in [0.2, 0.25) is 5.91 Å². The maximum absolute atomic E-state index is 14.4. The number of aromatic nitrogens is 2. The van der Waals surface area contributed by atoms with Crippen LogP contribution >= 0.6 is 35.1 Å². The van der Waals surface area contributed by atoms with Crippen molar-refractivity contribution in [3.63, 3.8) is 0 Å². The van der Waals surface area contributed by atoms with Crippen molar-refractivity contribution in [3.8, 4) is 0 Å². The van der Waals surface area contributed by atoms with E-state index in [4.69, 9.17) is 11.6 Å². The second kappa shape index (κ2) is 13.4. The summed E-state index contributed by atoms with van der Waals surface area (Å²) in [4.78, 5) is 76.9. The van der Waals surface area contributed by atoms with Crippen molar-refractivity contribution in [1.82, 2.24) is 25.1 Å². The van der Waals surface area contributed by atoms with Gasteiger partial charge in [-0.15, -0.1) is 0 Å². The van der Waals surface area contributed by atoms with Gasteiger partial charge < -0.3 is 19.6 Å². The van der Waals surface area contributed by atoms with Crippen LogP contribution in [0.4, 0.5) is 9.59 Å². The topological polar surface area (TPSA) is 169 Å². The molecule has 2 aromatic heterocycles. The van der Waals surface area contributed by atoms with E-state index < -0.39 is 46.3 Å². The van der Waals surface area contributed by atoms with Crippen LogP contribution in [0, 0.1) is 0 Å². The third-order valence-electron chi connectivity index (χ3n) is 8.20. The molecule has 12 nitrogen and oxygen atoms in total. The Morgan fingerprint density at radius 3 is 1.68 bits per heavy atom. The number of nitrogens with one attached hydrogen (secondary N) is 3. The Bertz CT molecular complexity index is 2340. The third kappa shape index (κ3) is 6.31. The lowest BCUT2D eigenvalue weighted by Gasteiger charge is -2.27. The lowest BCUT2D eigenvalue weighted by molar-refractivity contribution is -0.145. The Hall–Kier alpha value is -5.57. The van der Waals surface area contributed by atoms with E-state index >= 15 is 0 Å². The standard InChI is InChI=1S/C35H24ClN5O7S2/c36-21-11-9-18(10-12-21)15-37-32(44)28(40-16-19(22-5-1-3-7-24(22)40)13-26-30(42)38-34(47)49-26)29(33(45)46)41-17-20(23-6-2-4-8-25(23)41)14-27-31(43)39-35(48)50-27/h1-14,16-17,28-29H,15H2,(H,37,44)(H,45,46)(H,38,42,47)(H,39,43,48). The minimum Gasteiger partial charge on any atom is -0.480 e. The molecule has 2 unspecified atom stereocenters. The molecule has 2 saturated heterocycles. The average molecular weight is 726 g/mol. The highest BCUT2D eigenvalue weighted by Gasteiger charge is 2.39. The second-order valence-corrected chi connectivity index (χ2v) is 13.8. The molecule has 0 spiro atoms. The number of hydrogen-bond acceptors (Lipinski definition) is 8. The van der Waals surface area contributed by atoms with Crippen LogP contribution in [0.2, 0.25) is 5.02 Å². The highest BCUT2D eigenvalue weighted by atomic mass is 35.5. The Morgan fingerprint density at radius 1 is 0.740 bits per heavy atom. The number of thioether (sulfide) groups is 2. The molecule has 4 heterocycles. The van der Waals surface area contributed by atoms with Gasteiger partial charge in [-0.25, -0.2) is 4.79 Å². The van der Waals surface area contributed by atoms with Crippen LogP contribution < -0.4 is 16.0 Å². The van der Waals surface area contributed by atoms with Gasteiger partial charge in [0, 0.05) is 56.9 Å². The first-order chi connectivity index (χ1) is 24.1. The molecule has 2 atom stereocenters. The Labute approximate surface area is 296 Å². The molecule has 3 aromatic carbocycles. The largest absolute Gasteiger partial charge is 0.480 e.